The van der Waals surface area contributed by atoms with Crippen LogP contribution in [-0.2, 0) is 13.0 Å². The van der Waals surface area contributed by atoms with Gasteiger partial charge in [-0.05, 0) is 42.7 Å². The van der Waals surface area contributed by atoms with Crippen LogP contribution in [0.5, 0.6) is 17.2 Å². The summed E-state index contributed by atoms with van der Waals surface area (Å²) >= 11 is 0. The van der Waals surface area contributed by atoms with E-state index in [0.717, 1.165) is 23.3 Å². The summed E-state index contributed by atoms with van der Waals surface area (Å²) in [7, 11) is 1.60. The molecule has 1 aliphatic heterocycles. The van der Waals surface area contributed by atoms with Crippen molar-refractivity contribution in [2.75, 3.05) is 20.3 Å². The largest absolute Gasteiger partial charge is 0.493 e. The number of hydrogen-bond donors (Lipinski definition) is 2. The highest BCUT2D eigenvalue weighted by molar-refractivity contribution is 5.74. The van der Waals surface area contributed by atoms with E-state index in [-0.39, 0.29) is 12.1 Å². The number of para-hydroxylation sites is 1. The Kier molecular flexibility index (Phi) is 5.84. The molecule has 0 bridgehead atoms. The van der Waals surface area contributed by atoms with Crippen LogP contribution in [0.15, 0.2) is 42.5 Å². The number of carbonyl (C=O) groups excluding carboxylic acids is 1. The molecule has 2 N–H and O–H groups in total. The topological polar surface area (TPSA) is 68.8 Å². The summed E-state index contributed by atoms with van der Waals surface area (Å²) < 4.78 is 16.5. The molecular weight excluding hydrogens is 332 g/mol. The third-order valence-electron chi connectivity index (χ3n) is 4.20. The molecule has 0 radical (unpaired) electrons. The normalized spacial score (nSPS) is 15.4. The minimum atomic E-state index is -0.217. The van der Waals surface area contributed by atoms with Crippen molar-refractivity contribution in [3.8, 4) is 17.2 Å². The second-order valence-corrected chi connectivity index (χ2v) is 6.07. The highest BCUT2D eigenvalue weighted by Gasteiger charge is 2.20. The Morgan fingerprint density at radius 1 is 1.23 bits per heavy atom. The molecular formula is C20H24N2O4. The molecule has 26 heavy (non-hydrogen) atoms. The van der Waals surface area contributed by atoms with Gasteiger partial charge in [-0.1, -0.05) is 24.3 Å². The zero-order chi connectivity index (χ0) is 18.4. The minimum Gasteiger partial charge on any atom is -0.493 e. The van der Waals surface area contributed by atoms with Gasteiger partial charge in [0, 0.05) is 6.54 Å². The van der Waals surface area contributed by atoms with Crippen molar-refractivity contribution in [2.45, 2.75) is 25.9 Å². The lowest BCUT2D eigenvalue weighted by atomic mass is 10.0. The van der Waals surface area contributed by atoms with E-state index in [0.29, 0.717) is 31.3 Å². The number of amides is 2. The summed E-state index contributed by atoms with van der Waals surface area (Å²) in [5, 5.41) is 5.83. The molecule has 2 aromatic carbocycles. The van der Waals surface area contributed by atoms with Gasteiger partial charge in [-0.2, -0.15) is 0 Å². The summed E-state index contributed by atoms with van der Waals surface area (Å²) in [5.74, 6) is 2.25. The Morgan fingerprint density at radius 2 is 2.08 bits per heavy atom. The van der Waals surface area contributed by atoms with Gasteiger partial charge in [0.2, 0.25) is 0 Å². The summed E-state index contributed by atoms with van der Waals surface area (Å²) in [4.78, 5) is 12.2. The maximum Gasteiger partial charge on any atom is 0.315 e. The van der Waals surface area contributed by atoms with E-state index in [4.69, 9.17) is 14.2 Å². The lowest BCUT2D eigenvalue weighted by Crippen LogP contribution is -2.47. The van der Waals surface area contributed by atoms with E-state index in [1.807, 2.05) is 49.4 Å². The highest BCUT2D eigenvalue weighted by Crippen LogP contribution is 2.28. The number of hydrogen-bond acceptors (Lipinski definition) is 4. The number of methoxy groups -OCH3 is 1. The fourth-order valence-electron chi connectivity index (χ4n) is 2.94. The third-order valence-corrected chi connectivity index (χ3v) is 4.20. The first-order chi connectivity index (χ1) is 12.7. The van der Waals surface area contributed by atoms with E-state index >= 15 is 0 Å². The summed E-state index contributed by atoms with van der Waals surface area (Å²) in [6, 6.07) is 13.3. The first-order valence-corrected chi connectivity index (χ1v) is 8.74. The van der Waals surface area contributed by atoms with E-state index in [2.05, 4.69) is 10.6 Å². The number of benzene rings is 2. The van der Waals surface area contributed by atoms with Crippen molar-refractivity contribution in [3.63, 3.8) is 0 Å². The van der Waals surface area contributed by atoms with Gasteiger partial charge in [0.15, 0.2) is 11.5 Å². The minimum absolute atomic E-state index is 0.0419. The van der Waals surface area contributed by atoms with Crippen LogP contribution in [0.2, 0.25) is 0 Å². The Morgan fingerprint density at radius 3 is 2.88 bits per heavy atom. The van der Waals surface area contributed by atoms with Crippen molar-refractivity contribution in [1.29, 1.82) is 0 Å². The maximum atomic E-state index is 12.2. The lowest BCUT2D eigenvalue weighted by molar-refractivity contribution is 0.214. The first kappa shape index (κ1) is 17.9. The van der Waals surface area contributed by atoms with Gasteiger partial charge in [0.05, 0.1) is 19.8 Å². The highest BCUT2D eigenvalue weighted by atomic mass is 16.5. The van der Waals surface area contributed by atoms with Crippen LogP contribution in [0.4, 0.5) is 4.79 Å². The second kappa shape index (κ2) is 8.47. The average Bonchev–Trinajstić information content (AvgIpc) is 2.67. The molecule has 6 nitrogen and oxygen atoms in total. The molecule has 6 heteroatoms. The van der Waals surface area contributed by atoms with E-state index in [1.165, 1.54) is 0 Å². The van der Waals surface area contributed by atoms with E-state index < -0.39 is 0 Å². The fraction of sp³-hybridized carbons (Fsp3) is 0.350. The predicted octanol–water partition coefficient (Wildman–Crippen LogP) is 2.90. The van der Waals surface area contributed by atoms with Crippen LogP contribution in [-0.4, -0.2) is 32.4 Å². The molecule has 1 heterocycles. The van der Waals surface area contributed by atoms with Crippen LogP contribution < -0.4 is 24.8 Å². The first-order valence-electron chi connectivity index (χ1n) is 8.74. The van der Waals surface area contributed by atoms with E-state index in [1.54, 1.807) is 7.11 Å². The van der Waals surface area contributed by atoms with Gasteiger partial charge in [0.1, 0.15) is 12.4 Å². The number of carbonyl (C=O) groups is 1. The molecule has 0 fully saturated rings. The molecule has 2 amide bonds. The molecule has 0 aromatic heterocycles. The molecule has 3 rings (SSSR count). The van der Waals surface area contributed by atoms with Crippen LogP contribution >= 0.6 is 0 Å². The van der Waals surface area contributed by atoms with Gasteiger partial charge >= 0.3 is 6.03 Å². The van der Waals surface area contributed by atoms with Crippen molar-refractivity contribution >= 4 is 6.03 Å². The zero-order valence-electron chi connectivity index (χ0n) is 15.1. The third kappa shape index (κ3) is 4.39. The van der Waals surface area contributed by atoms with Crippen molar-refractivity contribution in [1.82, 2.24) is 10.6 Å². The van der Waals surface area contributed by atoms with Crippen molar-refractivity contribution in [3.05, 3.63) is 53.6 Å². The summed E-state index contributed by atoms with van der Waals surface area (Å²) in [6.45, 7) is 3.37. The maximum absolute atomic E-state index is 12.2. The predicted molar refractivity (Wildman–Crippen MR) is 99.0 cm³/mol. The number of rotatable bonds is 6. The summed E-state index contributed by atoms with van der Waals surface area (Å²) in [6.07, 6.45) is 0.764. The lowest BCUT2D eigenvalue weighted by Gasteiger charge is -2.26. The average molecular weight is 356 g/mol. The van der Waals surface area contributed by atoms with Crippen molar-refractivity contribution in [2.24, 2.45) is 0 Å². The van der Waals surface area contributed by atoms with E-state index in [9.17, 15) is 4.79 Å². The van der Waals surface area contributed by atoms with Crippen LogP contribution in [0, 0.1) is 0 Å². The van der Waals surface area contributed by atoms with Gasteiger partial charge in [-0.3, -0.25) is 0 Å². The zero-order valence-corrected chi connectivity index (χ0v) is 15.1. The van der Waals surface area contributed by atoms with Gasteiger partial charge in [-0.25, -0.2) is 4.79 Å². The fourth-order valence-corrected chi connectivity index (χ4v) is 2.94. The standard InChI is InChI=1S/C20H24N2O4/c1-3-25-18-9-8-14(10-19(18)24-2)12-21-20(23)22-16-11-15-6-4-5-7-17(15)26-13-16/h4-10,16H,3,11-13H2,1-2H3,(H2,21,22,23)/t16-/m1/s1. The monoisotopic (exact) mass is 356 g/mol. The second-order valence-electron chi connectivity index (χ2n) is 6.07. The van der Waals surface area contributed by atoms with Gasteiger partial charge in [-0.15, -0.1) is 0 Å². The quantitative estimate of drug-likeness (QED) is 0.835. The molecule has 0 spiro atoms. The molecule has 1 atom stereocenters. The van der Waals surface area contributed by atoms with Gasteiger partial charge in [0.25, 0.3) is 0 Å². The van der Waals surface area contributed by atoms with Crippen molar-refractivity contribution < 1.29 is 19.0 Å². The number of urea groups is 1. The Labute approximate surface area is 153 Å². The Bertz CT molecular complexity index is 763. The van der Waals surface area contributed by atoms with Crippen LogP contribution in [0.25, 0.3) is 0 Å². The SMILES string of the molecule is CCOc1ccc(CNC(=O)N[C@H]2COc3ccccc3C2)cc1OC. The molecule has 0 saturated heterocycles. The number of fused-ring (bicyclic) bond motifs is 1. The van der Waals surface area contributed by atoms with Gasteiger partial charge < -0.3 is 24.8 Å². The Balaban J connectivity index is 1.52. The molecule has 0 unspecified atom stereocenters. The molecule has 138 valence electrons. The molecule has 0 saturated carbocycles. The molecule has 2 aromatic rings. The molecule has 1 aliphatic rings. The van der Waals surface area contributed by atoms with Crippen LogP contribution in [0.3, 0.4) is 0 Å². The molecule has 0 aliphatic carbocycles. The Hall–Kier alpha value is -2.89. The summed E-state index contributed by atoms with van der Waals surface area (Å²) in [5.41, 5.74) is 2.05. The number of nitrogens with one attached hydrogen (secondary N) is 2. The van der Waals surface area contributed by atoms with Crippen LogP contribution in [0.1, 0.15) is 18.1 Å². The number of ether oxygens (including phenoxy) is 3. The smallest absolute Gasteiger partial charge is 0.315 e.